The van der Waals surface area contributed by atoms with Crippen molar-refractivity contribution in [1.82, 2.24) is 10.6 Å². The Hall–Kier alpha value is -0.0800. The number of nitrogens with one attached hydrogen (secondary N) is 2. The zero-order chi connectivity index (χ0) is 9.61. The van der Waals surface area contributed by atoms with Crippen LogP contribution < -0.4 is 10.6 Å². The van der Waals surface area contributed by atoms with E-state index in [0.29, 0.717) is 5.41 Å². The summed E-state index contributed by atoms with van der Waals surface area (Å²) in [5.74, 6) is 0.736. The van der Waals surface area contributed by atoms with Gasteiger partial charge in [-0.15, -0.1) is 0 Å². The van der Waals surface area contributed by atoms with E-state index in [0.717, 1.165) is 25.6 Å². The van der Waals surface area contributed by atoms with Gasteiger partial charge in [-0.3, -0.25) is 0 Å². The molecule has 0 aliphatic rings. The second-order valence-corrected chi connectivity index (χ2v) is 4.42. The average molecular weight is 172 g/mol. The van der Waals surface area contributed by atoms with E-state index in [4.69, 9.17) is 0 Å². The Balaban J connectivity index is 3.47. The molecule has 0 spiro atoms. The Morgan fingerprint density at radius 1 is 1.17 bits per heavy atom. The van der Waals surface area contributed by atoms with Crippen LogP contribution in [0.4, 0.5) is 0 Å². The summed E-state index contributed by atoms with van der Waals surface area (Å²) in [6.07, 6.45) is 0. The fourth-order valence-electron chi connectivity index (χ4n) is 0.828. The van der Waals surface area contributed by atoms with Crippen molar-refractivity contribution in [1.29, 1.82) is 0 Å². The monoisotopic (exact) mass is 172 g/mol. The molecule has 0 aliphatic carbocycles. The minimum atomic E-state index is 0.410. The fourth-order valence-corrected chi connectivity index (χ4v) is 0.828. The van der Waals surface area contributed by atoms with Gasteiger partial charge in [0.25, 0.3) is 0 Å². The maximum absolute atomic E-state index is 3.45. The molecule has 12 heavy (non-hydrogen) atoms. The van der Waals surface area contributed by atoms with Gasteiger partial charge in [-0.1, -0.05) is 27.7 Å². The van der Waals surface area contributed by atoms with Gasteiger partial charge in [-0.05, 0) is 18.4 Å². The first-order chi connectivity index (χ1) is 5.50. The second kappa shape index (κ2) is 5.55. The van der Waals surface area contributed by atoms with E-state index in [1.54, 1.807) is 0 Å². The zero-order valence-corrected chi connectivity index (χ0v) is 9.20. The van der Waals surface area contributed by atoms with Gasteiger partial charge in [0, 0.05) is 19.6 Å². The van der Waals surface area contributed by atoms with Crippen molar-refractivity contribution >= 4 is 0 Å². The number of likely N-dealkylation sites (N-methyl/N-ethyl adjacent to an activating group) is 1. The highest BCUT2D eigenvalue weighted by Gasteiger charge is 2.20. The molecule has 0 aromatic rings. The lowest BCUT2D eigenvalue weighted by Crippen LogP contribution is -2.36. The molecule has 0 aromatic carbocycles. The Bertz CT molecular complexity index is 108. The summed E-state index contributed by atoms with van der Waals surface area (Å²) in [6.45, 7) is 12.4. The lowest BCUT2D eigenvalue weighted by molar-refractivity contribution is 0.239. The molecule has 0 radical (unpaired) electrons. The van der Waals surface area contributed by atoms with Crippen molar-refractivity contribution < 1.29 is 0 Å². The zero-order valence-electron chi connectivity index (χ0n) is 9.20. The van der Waals surface area contributed by atoms with Gasteiger partial charge in [-0.25, -0.2) is 0 Å². The van der Waals surface area contributed by atoms with E-state index in [1.165, 1.54) is 0 Å². The van der Waals surface area contributed by atoms with Crippen LogP contribution in [-0.2, 0) is 0 Å². The van der Waals surface area contributed by atoms with Crippen molar-refractivity contribution in [2.45, 2.75) is 27.7 Å². The Labute approximate surface area is 77.1 Å². The standard InChI is InChI=1S/C10H24N2/c1-9(2)10(3,4)8-12-7-6-11-5/h9,11-12H,6-8H2,1-5H3. The van der Waals surface area contributed by atoms with E-state index in [2.05, 4.69) is 38.3 Å². The molecule has 0 atom stereocenters. The predicted molar refractivity (Wildman–Crippen MR) is 55.4 cm³/mol. The first kappa shape index (κ1) is 11.9. The molecular formula is C10H24N2. The normalized spacial score (nSPS) is 12.5. The van der Waals surface area contributed by atoms with E-state index in [-0.39, 0.29) is 0 Å². The van der Waals surface area contributed by atoms with Gasteiger partial charge < -0.3 is 10.6 Å². The van der Waals surface area contributed by atoms with E-state index < -0.39 is 0 Å². The SMILES string of the molecule is CNCCNCC(C)(C)C(C)C. The van der Waals surface area contributed by atoms with E-state index in [9.17, 15) is 0 Å². The topological polar surface area (TPSA) is 24.1 Å². The summed E-state index contributed by atoms with van der Waals surface area (Å²) in [4.78, 5) is 0. The molecule has 2 nitrogen and oxygen atoms in total. The minimum absolute atomic E-state index is 0.410. The summed E-state index contributed by atoms with van der Waals surface area (Å²) in [5, 5.41) is 6.57. The third-order valence-corrected chi connectivity index (χ3v) is 2.70. The van der Waals surface area contributed by atoms with Crippen LogP contribution in [-0.4, -0.2) is 26.7 Å². The van der Waals surface area contributed by atoms with E-state index in [1.807, 2.05) is 7.05 Å². The lowest BCUT2D eigenvalue weighted by atomic mass is 9.81. The quantitative estimate of drug-likeness (QED) is 0.593. The summed E-state index contributed by atoms with van der Waals surface area (Å²) < 4.78 is 0. The molecule has 0 fully saturated rings. The summed E-state index contributed by atoms with van der Waals surface area (Å²) in [6, 6.07) is 0. The van der Waals surface area contributed by atoms with Crippen LogP contribution in [0, 0.1) is 11.3 Å². The molecule has 0 unspecified atom stereocenters. The Morgan fingerprint density at radius 2 is 1.75 bits per heavy atom. The summed E-state index contributed by atoms with van der Waals surface area (Å²) >= 11 is 0. The third-order valence-electron chi connectivity index (χ3n) is 2.70. The van der Waals surface area contributed by atoms with Crippen molar-refractivity contribution in [2.75, 3.05) is 26.7 Å². The molecule has 0 amide bonds. The lowest BCUT2D eigenvalue weighted by Gasteiger charge is -2.29. The highest BCUT2D eigenvalue weighted by atomic mass is 14.9. The van der Waals surface area contributed by atoms with Crippen LogP contribution in [0.5, 0.6) is 0 Å². The van der Waals surface area contributed by atoms with Gasteiger partial charge in [0.1, 0.15) is 0 Å². The van der Waals surface area contributed by atoms with Crippen LogP contribution in [0.1, 0.15) is 27.7 Å². The molecule has 0 bridgehead atoms. The van der Waals surface area contributed by atoms with Crippen LogP contribution in [0.15, 0.2) is 0 Å². The first-order valence-corrected chi connectivity index (χ1v) is 4.86. The first-order valence-electron chi connectivity index (χ1n) is 4.86. The summed E-state index contributed by atoms with van der Waals surface area (Å²) in [7, 11) is 1.98. The number of rotatable bonds is 6. The highest BCUT2D eigenvalue weighted by molar-refractivity contribution is 4.74. The highest BCUT2D eigenvalue weighted by Crippen LogP contribution is 2.24. The minimum Gasteiger partial charge on any atom is -0.318 e. The molecule has 2 heteroatoms. The fraction of sp³-hybridized carbons (Fsp3) is 1.00. The average Bonchev–Trinajstić information content (AvgIpc) is 1.98. The smallest absolute Gasteiger partial charge is 0.00768 e. The third kappa shape index (κ3) is 4.73. The van der Waals surface area contributed by atoms with E-state index >= 15 is 0 Å². The van der Waals surface area contributed by atoms with Crippen molar-refractivity contribution in [3.63, 3.8) is 0 Å². The van der Waals surface area contributed by atoms with Gasteiger partial charge >= 0.3 is 0 Å². The van der Waals surface area contributed by atoms with Gasteiger partial charge in [-0.2, -0.15) is 0 Å². The largest absolute Gasteiger partial charge is 0.318 e. The van der Waals surface area contributed by atoms with Crippen molar-refractivity contribution in [3.8, 4) is 0 Å². The predicted octanol–water partition coefficient (Wildman–Crippen LogP) is 1.48. The van der Waals surface area contributed by atoms with Crippen LogP contribution in [0.2, 0.25) is 0 Å². The molecule has 0 heterocycles. The van der Waals surface area contributed by atoms with Crippen molar-refractivity contribution in [3.05, 3.63) is 0 Å². The van der Waals surface area contributed by atoms with Crippen molar-refractivity contribution in [2.24, 2.45) is 11.3 Å². The van der Waals surface area contributed by atoms with Gasteiger partial charge in [0.15, 0.2) is 0 Å². The number of hydrogen-bond acceptors (Lipinski definition) is 2. The van der Waals surface area contributed by atoms with Gasteiger partial charge in [0.2, 0.25) is 0 Å². The van der Waals surface area contributed by atoms with Crippen LogP contribution in [0.3, 0.4) is 0 Å². The molecule has 74 valence electrons. The molecule has 0 rings (SSSR count). The maximum Gasteiger partial charge on any atom is 0.00768 e. The molecule has 0 saturated heterocycles. The molecule has 0 saturated carbocycles. The van der Waals surface area contributed by atoms with Crippen LogP contribution >= 0.6 is 0 Å². The molecule has 0 aliphatic heterocycles. The number of hydrogen-bond donors (Lipinski definition) is 2. The molecular weight excluding hydrogens is 148 g/mol. The van der Waals surface area contributed by atoms with Gasteiger partial charge in [0.05, 0.1) is 0 Å². The maximum atomic E-state index is 3.45. The van der Waals surface area contributed by atoms with Crippen LogP contribution in [0.25, 0.3) is 0 Å². The Kier molecular flexibility index (Phi) is 5.51. The second-order valence-electron chi connectivity index (χ2n) is 4.42. The molecule has 2 N–H and O–H groups in total. The molecule has 0 aromatic heterocycles. The summed E-state index contributed by atoms with van der Waals surface area (Å²) in [5.41, 5.74) is 0.410. The Morgan fingerprint density at radius 3 is 2.17 bits per heavy atom.